The summed E-state index contributed by atoms with van der Waals surface area (Å²) in [5.74, 6) is -0.185. The highest BCUT2D eigenvalue weighted by molar-refractivity contribution is 7.99. The number of benzene rings is 2. The number of halogens is 4. The molecule has 1 amide bonds. The van der Waals surface area contributed by atoms with Crippen molar-refractivity contribution in [3.05, 3.63) is 53.1 Å². The molecule has 152 valence electrons. The zero-order chi connectivity index (χ0) is 21.0. The van der Waals surface area contributed by atoms with Crippen LogP contribution >= 0.6 is 23.4 Å². The first kappa shape index (κ1) is 20.9. The van der Waals surface area contributed by atoms with Crippen molar-refractivity contribution < 1.29 is 22.7 Å². The Morgan fingerprint density at radius 2 is 2.03 bits per heavy atom. The van der Waals surface area contributed by atoms with Crippen molar-refractivity contribution in [3.8, 4) is 11.4 Å². The molecule has 3 aromatic rings. The number of aromatic nitrogens is 4. The largest absolute Gasteiger partial charge is 0.494 e. The fourth-order valence-corrected chi connectivity index (χ4v) is 3.19. The first-order valence-corrected chi connectivity index (χ1v) is 9.37. The second kappa shape index (κ2) is 8.70. The van der Waals surface area contributed by atoms with E-state index in [2.05, 4.69) is 20.8 Å². The predicted molar refractivity (Wildman–Crippen MR) is 102 cm³/mol. The summed E-state index contributed by atoms with van der Waals surface area (Å²) in [4.78, 5) is 12.2. The van der Waals surface area contributed by atoms with E-state index in [0.29, 0.717) is 16.6 Å². The highest BCUT2D eigenvalue weighted by Crippen LogP contribution is 2.34. The fraction of sp³-hybridized carbons (Fsp3) is 0.176. The lowest BCUT2D eigenvalue weighted by atomic mass is 10.2. The Hall–Kier alpha value is -2.79. The van der Waals surface area contributed by atoms with Crippen LogP contribution in [0.2, 0.25) is 5.02 Å². The van der Waals surface area contributed by atoms with Crippen LogP contribution in [0.4, 0.5) is 18.9 Å². The highest BCUT2D eigenvalue weighted by Gasteiger charge is 2.31. The van der Waals surface area contributed by atoms with Gasteiger partial charge in [0.1, 0.15) is 11.4 Å². The van der Waals surface area contributed by atoms with E-state index in [1.54, 1.807) is 24.3 Å². The molecule has 0 aliphatic rings. The molecule has 0 unspecified atom stereocenters. The third kappa shape index (κ3) is 4.98. The molecule has 0 spiro atoms. The van der Waals surface area contributed by atoms with Gasteiger partial charge in [-0.25, -0.2) is 0 Å². The Morgan fingerprint density at radius 3 is 2.76 bits per heavy atom. The molecule has 0 bridgehead atoms. The van der Waals surface area contributed by atoms with E-state index in [1.165, 1.54) is 11.8 Å². The maximum atomic E-state index is 12.8. The molecule has 7 nitrogen and oxygen atoms in total. The predicted octanol–water partition coefficient (Wildman–Crippen LogP) is 4.07. The van der Waals surface area contributed by atoms with Crippen LogP contribution < -0.4 is 10.1 Å². The van der Waals surface area contributed by atoms with Crippen LogP contribution in [0.5, 0.6) is 5.75 Å². The van der Waals surface area contributed by atoms with E-state index in [1.807, 2.05) is 0 Å². The van der Waals surface area contributed by atoms with Crippen LogP contribution in [0.25, 0.3) is 5.69 Å². The van der Waals surface area contributed by atoms with Crippen molar-refractivity contribution in [1.82, 2.24) is 20.2 Å². The van der Waals surface area contributed by atoms with Gasteiger partial charge in [0.25, 0.3) is 0 Å². The zero-order valence-corrected chi connectivity index (χ0v) is 16.3. The summed E-state index contributed by atoms with van der Waals surface area (Å²) in [7, 11) is 1.50. The lowest BCUT2D eigenvalue weighted by molar-refractivity contribution is -0.137. The summed E-state index contributed by atoms with van der Waals surface area (Å²) in [6.45, 7) is 0. The van der Waals surface area contributed by atoms with Crippen molar-refractivity contribution in [3.63, 3.8) is 0 Å². The van der Waals surface area contributed by atoms with Crippen LogP contribution in [0.1, 0.15) is 5.56 Å². The van der Waals surface area contributed by atoms with Crippen molar-refractivity contribution in [2.24, 2.45) is 0 Å². The minimum Gasteiger partial charge on any atom is -0.494 e. The molecule has 12 heteroatoms. The summed E-state index contributed by atoms with van der Waals surface area (Å²) in [5.41, 5.74) is -0.467. The summed E-state index contributed by atoms with van der Waals surface area (Å²) >= 11 is 6.89. The molecule has 1 N–H and O–H groups in total. The van der Waals surface area contributed by atoms with E-state index in [9.17, 15) is 18.0 Å². The number of methoxy groups -OCH3 is 1. The lowest BCUT2D eigenvalue weighted by Gasteiger charge is -2.12. The third-order valence-electron chi connectivity index (χ3n) is 3.65. The number of carbonyl (C=O) groups excluding carboxylic acids is 1. The van der Waals surface area contributed by atoms with Gasteiger partial charge in [0.2, 0.25) is 11.1 Å². The average Bonchev–Trinajstić information content (AvgIpc) is 3.15. The van der Waals surface area contributed by atoms with Crippen LogP contribution in [-0.4, -0.2) is 39.0 Å². The smallest absolute Gasteiger partial charge is 0.416 e. The van der Waals surface area contributed by atoms with E-state index >= 15 is 0 Å². The van der Waals surface area contributed by atoms with Gasteiger partial charge in [-0.2, -0.15) is 17.9 Å². The number of tetrazole rings is 1. The summed E-state index contributed by atoms with van der Waals surface area (Å²) in [6, 6.07) is 9.73. The number of hydrogen-bond acceptors (Lipinski definition) is 6. The average molecular weight is 444 g/mol. The van der Waals surface area contributed by atoms with E-state index in [-0.39, 0.29) is 16.5 Å². The number of alkyl halides is 3. The second-order valence-corrected chi connectivity index (χ2v) is 6.92. The molecule has 2 aromatic carbocycles. The maximum Gasteiger partial charge on any atom is 0.416 e. The molecule has 1 heterocycles. The molecule has 0 atom stereocenters. The van der Waals surface area contributed by atoms with E-state index < -0.39 is 17.6 Å². The fourth-order valence-electron chi connectivity index (χ4n) is 2.34. The third-order valence-corrected chi connectivity index (χ3v) is 4.90. The lowest BCUT2D eigenvalue weighted by Crippen LogP contribution is -2.16. The molecule has 0 saturated carbocycles. The number of carbonyl (C=O) groups is 1. The topological polar surface area (TPSA) is 81.9 Å². The first-order chi connectivity index (χ1) is 13.8. The molecule has 0 aliphatic heterocycles. The van der Waals surface area contributed by atoms with Crippen LogP contribution in [0, 0.1) is 0 Å². The Bertz CT molecular complexity index is 1030. The van der Waals surface area contributed by atoms with E-state index in [4.69, 9.17) is 16.3 Å². The summed E-state index contributed by atoms with van der Waals surface area (Å²) < 4.78 is 45.2. The minimum absolute atomic E-state index is 0.00444. The van der Waals surface area contributed by atoms with Crippen LogP contribution in [-0.2, 0) is 11.0 Å². The molecule has 0 saturated heterocycles. The Balaban J connectivity index is 1.71. The van der Waals surface area contributed by atoms with Crippen molar-refractivity contribution in [1.29, 1.82) is 0 Å². The molecule has 1 aromatic heterocycles. The van der Waals surface area contributed by atoms with Gasteiger partial charge >= 0.3 is 6.18 Å². The number of nitrogens with zero attached hydrogens (tertiary/aromatic N) is 4. The highest BCUT2D eigenvalue weighted by atomic mass is 35.5. The van der Waals surface area contributed by atoms with Gasteiger partial charge in [0.05, 0.1) is 29.1 Å². The number of rotatable bonds is 6. The van der Waals surface area contributed by atoms with Crippen molar-refractivity contribution in [2.75, 3.05) is 18.2 Å². The summed E-state index contributed by atoms with van der Waals surface area (Å²) in [6.07, 6.45) is -4.55. The molecule has 29 heavy (non-hydrogen) atoms. The quantitative estimate of drug-likeness (QED) is 0.578. The number of para-hydroxylation sites is 2. The molecular formula is C17H13ClF3N5O2S. The van der Waals surface area contributed by atoms with Crippen LogP contribution in [0.15, 0.2) is 47.6 Å². The zero-order valence-electron chi connectivity index (χ0n) is 14.8. The van der Waals surface area contributed by atoms with E-state index in [0.717, 1.165) is 30.0 Å². The van der Waals surface area contributed by atoms with Gasteiger partial charge in [0.15, 0.2) is 0 Å². The number of nitrogens with one attached hydrogen (secondary N) is 1. The first-order valence-electron chi connectivity index (χ1n) is 8.00. The molecular weight excluding hydrogens is 431 g/mol. The minimum atomic E-state index is -4.55. The van der Waals surface area contributed by atoms with Gasteiger partial charge < -0.3 is 10.1 Å². The Morgan fingerprint density at radius 1 is 1.28 bits per heavy atom. The molecule has 0 radical (unpaired) electrons. The number of ether oxygens (including phenoxy) is 1. The Kier molecular flexibility index (Phi) is 6.28. The number of thioether (sulfide) groups is 1. The monoisotopic (exact) mass is 443 g/mol. The second-order valence-electron chi connectivity index (χ2n) is 5.57. The Labute approximate surface area is 172 Å². The van der Waals surface area contributed by atoms with Gasteiger partial charge in [-0.3, -0.25) is 4.79 Å². The van der Waals surface area contributed by atoms with Crippen molar-refractivity contribution in [2.45, 2.75) is 11.3 Å². The SMILES string of the molecule is COc1ccccc1-n1nnnc1SCC(=O)Nc1cc(C(F)(F)F)ccc1Cl. The standard InChI is InChI=1S/C17H13ClF3N5O2S/c1-28-14-5-3-2-4-13(14)26-16(23-24-25-26)29-9-15(27)22-12-8-10(17(19,20)21)6-7-11(12)18/h2-8H,9H2,1H3,(H,22,27). The molecule has 3 rings (SSSR count). The van der Waals surface area contributed by atoms with Crippen molar-refractivity contribution >= 4 is 35.0 Å². The molecule has 0 aliphatic carbocycles. The van der Waals surface area contributed by atoms with Gasteiger partial charge in [-0.1, -0.05) is 35.5 Å². The van der Waals surface area contributed by atoms with Gasteiger partial charge in [-0.05, 0) is 40.8 Å². The number of amides is 1. The van der Waals surface area contributed by atoms with Gasteiger partial charge in [-0.15, -0.1) is 5.10 Å². The van der Waals surface area contributed by atoms with Crippen LogP contribution in [0.3, 0.4) is 0 Å². The van der Waals surface area contributed by atoms with Gasteiger partial charge in [0, 0.05) is 0 Å². The normalized spacial score (nSPS) is 11.3. The number of hydrogen-bond donors (Lipinski definition) is 1. The maximum absolute atomic E-state index is 12.8. The summed E-state index contributed by atoms with van der Waals surface area (Å²) in [5, 5.41) is 14.0. The number of anilines is 1. The molecule has 0 fully saturated rings.